The zero-order valence-corrected chi connectivity index (χ0v) is 13.3. The molecule has 6 nitrogen and oxygen atoms in total. The Balaban J connectivity index is 0.00000242. The van der Waals surface area contributed by atoms with E-state index >= 15 is 0 Å². The van der Waals surface area contributed by atoms with Crippen molar-refractivity contribution >= 4 is 24.2 Å². The van der Waals surface area contributed by atoms with E-state index in [1.165, 1.54) is 0 Å². The maximum atomic E-state index is 12.0. The lowest BCUT2D eigenvalue weighted by Crippen LogP contribution is -2.55. The summed E-state index contributed by atoms with van der Waals surface area (Å²) in [5, 5.41) is 8.55. The van der Waals surface area contributed by atoms with Crippen molar-refractivity contribution in [1.29, 1.82) is 0 Å². The number of carbonyl (C=O) groups is 2. The number of ether oxygens (including phenoxy) is 1. The molecule has 7 heteroatoms. The summed E-state index contributed by atoms with van der Waals surface area (Å²) in [4.78, 5) is 23.9. The maximum absolute atomic E-state index is 12.0. The van der Waals surface area contributed by atoms with Crippen molar-refractivity contribution in [3.05, 3.63) is 35.9 Å². The summed E-state index contributed by atoms with van der Waals surface area (Å²) in [6.45, 7) is 3.71. The van der Waals surface area contributed by atoms with E-state index < -0.39 is 6.04 Å². The monoisotopic (exact) mass is 327 g/mol. The first-order valence-corrected chi connectivity index (χ1v) is 7.10. The molecule has 1 aromatic carbocycles. The first kappa shape index (κ1) is 18.4. The predicted octanol–water partition coefficient (Wildman–Crippen LogP) is 0.218. The van der Waals surface area contributed by atoms with Crippen molar-refractivity contribution in [1.82, 2.24) is 16.0 Å². The number of hydrogen-bond acceptors (Lipinski definition) is 4. The third kappa shape index (κ3) is 5.63. The van der Waals surface area contributed by atoms with Gasteiger partial charge in [0.15, 0.2) is 0 Å². The molecule has 1 aromatic rings. The van der Waals surface area contributed by atoms with Crippen molar-refractivity contribution in [2.45, 2.75) is 25.6 Å². The molecule has 2 unspecified atom stereocenters. The number of rotatable bonds is 5. The third-order valence-corrected chi connectivity index (χ3v) is 3.30. The second kappa shape index (κ2) is 9.40. The Morgan fingerprint density at radius 2 is 2.09 bits per heavy atom. The molecule has 0 bridgehead atoms. The van der Waals surface area contributed by atoms with Crippen LogP contribution in [0.4, 0.5) is 0 Å². The van der Waals surface area contributed by atoms with Gasteiger partial charge in [0.1, 0.15) is 12.1 Å². The van der Waals surface area contributed by atoms with Crippen LogP contribution in [0.2, 0.25) is 0 Å². The van der Waals surface area contributed by atoms with E-state index in [4.69, 9.17) is 4.74 Å². The minimum atomic E-state index is -0.579. The van der Waals surface area contributed by atoms with E-state index in [2.05, 4.69) is 16.0 Å². The van der Waals surface area contributed by atoms with Crippen LogP contribution < -0.4 is 16.0 Å². The Labute approximate surface area is 136 Å². The van der Waals surface area contributed by atoms with Crippen LogP contribution in [0, 0.1) is 0 Å². The molecule has 1 fully saturated rings. The summed E-state index contributed by atoms with van der Waals surface area (Å²) in [6, 6.07) is 8.67. The number of carbonyl (C=O) groups excluding carboxylic acids is 2. The normalized spacial score (nSPS) is 18.7. The molecule has 122 valence electrons. The van der Waals surface area contributed by atoms with Crippen molar-refractivity contribution < 1.29 is 14.3 Å². The van der Waals surface area contributed by atoms with Gasteiger partial charge in [-0.3, -0.25) is 9.59 Å². The highest BCUT2D eigenvalue weighted by molar-refractivity contribution is 5.89. The zero-order valence-electron chi connectivity index (χ0n) is 12.5. The van der Waals surface area contributed by atoms with E-state index in [9.17, 15) is 9.59 Å². The van der Waals surface area contributed by atoms with Gasteiger partial charge in [0.05, 0.1) is 13.2 Å². The van der Waals surface area contributed by atoms with Gasteiger partial charge >= 0.3 is 0 Å². The van der Waals surface area contributed by atoms with Crippen LogP contribution in [0.5, 0.6) is 0 Å². The third-order valence-electron chi connectivity index (χ3n) is 3.30. The summed E-state index contributed by atoms with van der Waals surface area (Å²) in [7, 11) is 0. The van der Waals surface area contributed by atoms with Crippen molar-refractivity contribution in [2.75, 3.05) is 19.8 Å². The molecule has 0 aromatic heterocycles. The summed E-state index contributed by atoms with van der Waals surface area (Å²) in [5.74, 6) is -0.416. The lowest BCUT2D eigenvalue weighted by atomic mass is 10.2. The minimum Gasteiger partial charge on any atom is -0.378 e. The standard InChI is InChI=1S/C15H21N3O3.ClH/c1-11(18-15(20)13-10-21-8-7-16-13)14(19)17-9-12-5-3-2-4-6-12;/h2-6,11,13,16H,7-10H2,1H3,(H,17,19)(H,18,20);1H. The molecule has 3 N–H and O–H groups in total. The Morgan fingerprint density at radius 3 is 2.73 bits per heavy atom. The summed E-state index contributed by atoms with van der Waals surface area (Å²) in [5.41, 5.74) is 1.02. The van der Waals surface area contributed by atoms with Gasteiger partial charge in [-0.15, -0.1) is 12.4 Å². The van der Waals surface area contributed by atoms with Crippen LogP contribution in [0.3, 0.4) is 0 Å². The average molecular weight is 328 g/mol. The van der Waals surface area contributed by atoms with E-state index in [1.54, 1.807) is 6.92 Å². The maximum Gasteiger partial charge on any atom is 0.242 e. The van der Waals surface area contributed by atoms with Gasteiger partial charge < -0.3 is 20.7 Å². The van der Waals surface area contributed by atoms with E-state index in [-0.39, 0.29) is 30.3 Å². The number of hydrogen-bond donors (Lipinski definition) is 3. The van der Waals surface area contributed by atoms with Crippen LogP contribution in [-0.2, 0) is 20.9 Å². The molecule has 2 atom stereocenters. The molecule has 22 heavy (non-hydrogen) atoms. The molecule has 1 heterocycles. The second-order valence-corrected chi connectivity index (χ2v) is 5.02. The first-order chi connectivity index (χ1) is 10.2. The van der Waals surface area contributed by atoms with Crippen LogP contribution in [0.15, 0.2) is 30.3 Å². The fourth-order valence-electron chi connectivity index (χ4n) is 2.05. The van der Waals surface area contributed by atoms with Crippen LogP contribution in [0.1, 0.15) is 12.5 Å². The quantitative estimate of drug-likeness (QED) is 0.723. The van der Waals surface area contributed by atoms with Gasteiger partial charge in [-0.1, -0.05) is 30.3 Å². The summed E-state index contributed by atoms with van der Waals surface area (Å²) < 4.78 is 5.23. The van der Waals surface area contributed by atoms with Gasteiger partial charge in [-0.2, -0.15) is 0 Å². The van der Waals surface area contributed by atoms with Gasteiger partial charge in [-0.05, 0) is 12.5 Å². The second-order valence-electron chi connectivity index (χ2n) is 5.02. The number of halogens is 1. The van der Waals surface area contributed by atoms with Crippen molar-refractivity contribution in [2.24, 2.45) is 0 Å². The molecular weight excluding hydrogens is 306 g/mol. The Hall–Kier alpha value is -1.63. The van der Waals surface area contributed by atoms with Crippen molar-refractivity contribution in [3.63, 3.8) is 0 Å². The summed E-state index contributed by atoms with van der Waals surface area (Å²) >= 11 is 0. The zero-order chi connectivity index (χ0) is 15.1. The topological polar surface area (TPSA) is 79.5 Å². The molecule has 1 aliphatic rings. The highest BCUT2D eigenvalue weighted by atomic mass is 35.5. The van der Waals surface area contributed by atoms with Crippen LogP contribution in [-0.4, -0.2) is 43.7 Å². The SMILES string of the molecule is CC(NC(=O)C1COCCN1)C(=O)NCc1ccccc1.Cl. The Bertz CT molecular complexity index is 478. The molecule has 1 aliphatic heterocycles. The highest BCUT2D eigenvalue weighted by Gasteiger charge is 2.24. The Morgan fingerprint density at radius 1 is 1.36 bits per heavy atom. The number of nitrogens with one attached hydrogen (secondary N) is 3. The van der Waals surface area contributed by atoms with Gasteiger partial charge in [0.25, 0.3) is 0 Å². The molecule has 0 saturated carbocycles. The van der Waals surface area contributed by atoms with Crippen LogP contribution >= 0.6 is 12.4 Å². The van der Waals surface area contributed by atoms with E-state index in [0.717, 1.165) is 5.56 Å². The van der Waals surface area contributed by atoms with Crippen molar-refractivity contribution in [3.8, 4) is 0 Å². The lowest BCUT2D eigenvalue weighted by molar-refractivity contribution is -0.131. The molecule has 2 rings (SSSR count). The average Bonchev–Trinajstić information content (AvgIpc) is 2.54. The van der Waals surface area contributed by atoms with E-state index in [0.29, 0.717) is 26.3 Å². The predicted molar refractivity (Wildman–Crippen MR) is 85.8 cm³/mol. The number of morpholine rings is 1. The van der Waals surface area contributed by atoms with Gasteiger partial charge in [0, 0.05) is 13.1 Å². The molecular formula is C15H22ClN3O3. The molecule has 2 amide bonds. The number of benzene rings is 1. The smallest absolute Gasteiger partial charge is 0.242 e. The minimum absolute atomic E-state index is 0. The lowest BCUT2D eigenvalue weighted by Gasteiger charge is -2.24. The van der Waals surface area contributed by atoms with Gasteiger partial charge in [0.2, 0.25) is 11.8 Å². The molecule has 0 radical (unpaired) electrons. The van der Waals surface area contributed by atoms with Gasteiger partial charge in [-0.25, -0.2) is 0 Å². The molecule has 0 aliphatic carbocycles. The highest BCUT2D eigenvalue weighted by Crippen LogP contribution is 1.98. The summed E-state index contributed by atoms with van der Waals surface area (Å²) in [6.07, 6.45) is 0. The fraction of sp³-hybridized carbons (Fsp3) is 0.467. The Kier molecular flexibility index (Phi) is 7.87. The molecule has 0 spiro atoms. The number of amides is 2. The fourth-order valence-corrected chi connectivity index (χ4v) is 2.05. The largest absolute Gasteiger partial charge is 0.378 e. The molecule has 1 saturated heterocycles. The first-order valence-electron chi connectivity index (χ1n) is 7.10. The van der Waals surface area contributed by atoms with E-state index in [1.807, 2.05) is 30.3 Å². The van der Waals surface area contributed by atoms with Crippen LogP contribution in [0.25, 0.3) is 0 Å².